The van der Waals surface area contributed by atoms with E-state index in [1.807, 2.05) is 31.2 Å². The van der Waals surface area contributed by atoms with Crippen LogP contribution in [0.5, 0.6) is 0 Å². The number of para-hydroxylation sites is 1. The highest BCUT2D eigenvalue weighted by molar-refractivity contribution is 5.47. The molecule has 0 radical (unpaired) electrons. The van der Waals surface area contributed by atoms with Gasteiger partial charge < -0.3 is 20.9 Å². The van der Waals surface area contributed by atoms with Crippen LogP contribution in [-0.2, 0) is 9.47 Å². The molecule has 90 valence electrons. The third kappa shape index (κ3) is 4.18. The monoisotopic (exact) mass is 224 g/mol. The van der Waals surface area contributed by atoms with Gasteiger partial charge in [-0.3, -0.25) is 0 Å². The standard InChI is InChI=1S/C12H20N2O2/c1-10(16-9-8-15-7-6-13)11-4-2-3-5-12(11)14/h2-5,10H,6-9,13-14H2,1H3. The van der Waals surface area contributed by atoms with Crippen molar-refractivity contribution in [2.45, 2.75) is 13.0 Å². The second-order valence-corrected chi connectivity index (χ2v) is 3.54. The summed E-state index contributed by atoms with van der Waals surface area (Å²) in [5.74, 6) is 0. The Labute approximate surface area is 96.5 Å². The first-order valence-corrected chi connectivity index (χ1v) is 5.49. The molecule has 0 saturated carbocycles. The summed E-state index contributed by atoms with van der Waals surface area (Å²) in [4.78, 5) is 0. The fraction of sp³-hybridized carbons (Fsp3) is 0.500. The molecule has 1 aromatic carbocycles. The lowest BCUT2D eigenvalue weighted by molar-refractivity contribution is 0.0136. The third-order valence-corrected chi connectivity index (χ3v) is 2.29. The summed E-state index contributed by atoms with van der Waals surface area (Å²) in [6.45, 7) is 4.21. The number of hydrogen-bond donors (Lipinski definition) is 2. The Morgan fingerprint density at radius 1 is 1.19 bits per heavy atom. The molecule has 16 heavy (non-hydrogen) atoms. The molecule has 1 rings (SSSR count). The van der Waals surface area contributed by atoms with E-state index in [9.17, 15) is 0 Å². The number of benzene rings is 1. The normalized spacial score (nSPS) is 12.6. The zero-order valence-corrected chi connectivity index (χ0v) is 9.69. The fourth-order valence-corrected chi connectivity index (χ4v) is 1.44. The summed E-state index contributed by atoms with van der Waals surface area (Å²) in [7, 11) is 0. The van der Waals surface area contributed by atoms with Crippen molar-refractivity contribution < 1.29 is 9.47 Å². The highest BCUT2D eigenvalue weighted by Gasteiger charge is 2.07. The molecule has 4 nitrogen and oxygen atoms in total. The zero-order valence-electron chi connectivity index (χ0n) is 9.69. The van der Waals surface area contributed by atoms with Crippen LogP contribution in [0.15, 0.2) is 24.3 Å². The highest BCUT2D eigenvalue weighted by atomic mass is 16.5. The van der Waals surface area contributed by atoms with E-state index in [0.717, 1.165) is 11.3 Å². The Kier molecular flexibility index (Phi) is 5.85. The zero-order chi connectivity index (χ0) is 11.8. The van der Waals surface area contributed by atoms with Gasteiger partial charge in [0.25, 0.3) is 0 Å². The summed E-state index contributed by atoms with van der Waals surface area (Å²) in [6.07, 6.45) is -0.0114. The third-order valence-electron chi connectivity index (χ3n) is 2.29. The van der Waals surface area contributed by atoms with E-state index < -0.39 is 0 Å². The van der Waals surface area contributed by atoms with Crippen LogP contribution in [0.4, 0.5) is 5.69 Å². The van der Waals surface area contributed by atoms with Crippen LogP contribution >= 0.6 is 0 Å². The lowest BCUT2D eigenvalue weighted by Crippen LogP contribution is -2.13. The van der Waals surface area contributed by atoms with Gasteiger partial charge in [0.1, 0.15) is 0 Å². The van der Waals surface area contributed by atoms with Crippen molar-refractivity contribution in [3.05, 3.63) is 29.8 Å². The van der Waals surface area contributed by atoms with E-state index in [-0.39, 0.29) is 6.10 Å². The number of anilines is 1. The second-order valence-electron chi connectivity index (χ2n) is 3.54. The summed E-state index contributed by atoms with van der Waals surface area (Å²) in [5, 5.41) is 0. The first kappa shape index (κ1) is 13.0. The van der Waals surface area contributed by atoms with Gasteiger partial charge in [-0.15, -0.1) is 0 Å². The lowest BCUT2D eigenvalue weighted by atomic mass is 10.1. The second kappa shape index (κ2) is 7.22. The maximum atomic E-state index is 5.85. The predicted molar refractivity (Wildman–Crippen MR) is 65.1 cm³/mol. The van der Waals surface area contributed by atoms with Crippen LogP contribution in [0.1, 0.15) is 18.6 Å². The fourth-order valence-electron chi connectivity index (χ4n) is 1.44. The van der Waals surface area contributed by atoms with E-state index in [0.29, 0.717) is 26.4 Å². The average Bonchev–Trinajstić information content (AvgIpc) is 2.29. The quantitative estimate of drug-likeness (QED) is 0.541. The molecule has 0 aliphatic heterocycles. The smallest absolute Gasteiger partial charge is 0.0817 e. The molecule has 0 spiro atoms. The molecule has 0 bridgehead atoms. The van der Waals surface area contributed by atoms with Crippen molar-refractivity contribution in [2.24, 2.45) is 5.73 Å². The van der Waals surface area contributed by atoms with Crippen molar-refractivity contribution in [3.63, 3.8) is 0 Å². The Morgan fingerprint density at radius 3 is 2.62 bits per heavy atom. The minimum absolute atomic E-state index is 0.0114. The number of nitrogens with two attached hydrogens (primary N) is 2. The Hall–Kier alpha value is -1.10. The predicted octanol–water partition coefficient (Wildman–Crippen LogP) is 1.32. The van der Waals surface area contributed by atoms with E-state index in [1.54, 1.807) is 0 Å². The topological polar surface area (TPSA) is 70.5 Å². The number of hydrogen-bond acceptors (Lipinski definition) is 4. The molecule has 0 fully saturated rings. The Bertz CT molecular complexity index is 305. The summed E-state index contributed by atoms with van der Waals surface area (Å²) in [5.41, 5.74) is 12.9. The van der Waals surface area contributed by atoms with E-state index in [4.69, 9.17) is 20.9 Å². The minimum Gasteiger partial charge on any atom is -0.398 e. The van der Waals surface area contributed by atoms with Gasteiger partial charge in [0, 0.05) is 17.8 Å². The minimum atomic E-state index is -0.0114. The van der Waals surface area contributed by atoms with Crippen LogP contribution in [0.25, 0.3) is 0 Å². The summed E-state index contributed by atoms with van der Waals surface area (Å²) < 4.78 is 10.8. The molecular weight excluding hydrogens is 204 g/mol. The largest absolute Gasteiger partial charge is 0.398 e. The first-order valence-electron chi connectivity index (χ1n) is 5.49. The SMILES string of the molecule is CC(OCCOCCN)c1ccccc1N. The first-order chi connectivity index (χ1) is 7.75. The molecule has 4 N–H and O–H groups in total. The maximum absolute atomic E-state index is 5.85. The van der Waals surface area contributed by atoms with Gasteiger partial charge in [-0.2, -0.15) is 0 Å². The van der Waals surface area contributed by atoms with Crippen molar-refractivity contribution >= 4 is 5.69 Å². The van der Waals surface area contributed by atoms with Gasteiger partial charge in [0.05, 0.1) is 25.9 Å². The van der Waals surface area contributed by atoms with E-state index >= 15 is 0 Å². The molecule has 0 amide bonds. The van der Waals surface area contributed by atoms with Gasteiger partial charge in [0.2, 0.25) is 0 Å². The Morgan fingerprint density at radius 2 is 1.94 bits per heavy atom. The van der Waals surface area contributed by atoms with Crippen LogP contribution < -0.4 is 11.5 Å². The molecular formula is C12H20N2O2. The van der Waals surface area contributed by atoms with Gasteiger partial charge in [0.15, 0.2) is 0 Å². The number of ether oxygens (including phenoxy) is 2. The average molecular weight is 224 g/mol. The highest BCUT2D eigenvalue weighted by Crippen LogP contribution is 2.22. The maximum Gasteiger partial charge on any atom is 0.0817 e. The molecule has 1 unspecified atom stereocenters. The van der Waals surface area contributed by atoms with Crippen LogP contribution in [-0.4, -0.2) is 26.4 Å². The molecule has 0 saturated heterocycles. The van der Waals surface area contributed by atoms with Crippen molar-refractivity contribution in [1.29, 1.82) is 0 Å². The van der Waals surface area contributed by atoms with Gasteiger partial charge in [-0.25, -0.2) is 0 Å². The number of nitrogen functional groups attached to an aromatic ring is 1. The molecule has 0 aliphatic carbocycles. The number of rotatable bonds is 7. The van der Waals surface area contributed by atoms with Gasteiger partial charge in [-0.05, 0) is 13.0 Å². The van der Waals surface area contributed by atoms with Crippen LogP contribution in [0.2, 0.25) is 0 Å². The molecule has 0 aromatic heterocycles. The molecule has 0 heterocycles. The van der Waals surface area contributed by atoms with Gasteiger partial charge >= 0.3 is 0 Å². The van der Waals surface area contributed by atoms with Crippen molar-refractivity contribution in [1.82, 2.24) is 0 Å². The van der Waals surface area contributed by atoms with Crippen LogP contribution in [0, 0.1) is 0 Å². The molecule has 1 atom stereocenters. The molecule has 0 aliphatic rings. The molecule has 4 heteroatoms. The summed E-state index contributed by atoms with van der Waals surface area (Å²) >= 11 is 0. The Balaban J connectivity index is 2.30. The summed E-state index contributed by atoms with van der Waals surface area (Å²) in [6, 6.07) is 7.72. The molecule has 1 aromatic rings. The van der Waals surface area contributed by atoms with E-state index in [2.05, 4.69) is 0 Å². The lowest BCUT2D eigenvalue weighted by Gasteiger charge is -2.15. The van der Waals surface area contributed by atoms with Crippen LogP contribution in [0.3, 0.4) is 0 Å². The van der Waals surface area contributed by atoms with E-state index in [1.165, 1.54) is 0 Å². The van der Waals surface area contributed by atoms with Crippen molar-refractivity contribution in [2.75, 3.05) is 32.1 Å². The van der Waals surface area contributed by atoms with Crippen molar-refractivity contribution in [3.8, 4) is 0 Å². The van der Waals surface area contributed by atoms with Gasteiger partial charge in [-0.1, -0.05) is 18.2 Å².